The van der Waals surface area contributed by atoms with Gasteiger partial charge in [-0.15, -0.1) is 4.73 Å². The van der Waals surface area contributed by atoms with E-state index < -0.39 is 23.8 Å². The number of benzene rings is 1. The third-order valence-electron chi connectivity index (χ3n) is 2.96. The van der Waals surface area contributed by atoms with Gasteiger partial charge >= 0.3 is 6.09 Å². The van der Waals surface area contributed by atoms with Gasteiger partial charge in [0.2, 0.25) is 11.8 Å². The SMILES string of the molecule is CN(C)c1ccc(NC(=O)On2c(O)ccc2O)cc1C(N)=O. The molecule has 0 aliphatic carbocycles. The highest BCUT2D eigenvalue weighted by Crippen LogP contribution is 2.23. The van der Waals surface area contributed by atoms with Crippen molar-refractivity contribution in [3.05, 3.63) is 35.9 Å². The van der Waals surface area contributed by atoms with Gasteiger partial charge in [0.15, 0.2) is 0 Å². The fraction of sp³-hybridized carbons (Fsp3) is 0.143. The van der Waals surface area contributed by atoms with Crippen molar-refractivity contribution < 1.29 is 24.6 Å². The number of aromatic hydroxyl groups is 2. The average Bonchev–Trinajstić information content (AvgIpc) is 2.78. The van der Waals surface area contributed by atoms with Gasteiger partial charge in [-0.05, 0) is 18.2 Å². The Morgan fingerprint density at radius 1 is 1.17 bits per heavy atom. The minimum atomic E-state index is -0.972. The molecule has 1 aromatic carbocycles. The molecule has 9 nitrogen and oxygen atoms in total. The van der Waals surface area contributed by atoms with Gasteiger partial charge in [-0.25, -0.2) is 4.79 Å². The average molecular weight is 320 g/mol. The molecule has 9 heteroatoms. The number of aromatic nitrogens is 1. The number of rotatable bonds is 4. The molecule has 0 unspecified atom stereocenters. The van der Waals surface area contributed by atoms with Gasteiger partial charge in [0.1, 0.15) is 0 Å². The predicted octanol–water partition coefficient (Wildman–Crippen LogP) is 0.725. The Labute approximate surface area is 131 Å². The molecule has 0 atom stereocenters. The summed E-state index contributed by atoms with van der Waals surface area (Å²) in [7, 11) is 3.50. The van der Waals surface area contributed by atoms with E-state index in [4.69, 9.17) is 10.6 Å². The van der Waals surface area contributed by atoms with Gasteiger partial charge in [0.25, 0.3) is 5.91 Å². The highest BCUT2D eigenvalue weighted by atomic mass is 16.7. The number of hydrogen-bond acceptors (Lipinski definition) is 6. The van der Waals surface area contributed by atoms with E-state index in [9.17, 15) is 19.8 Å². The van der Waals surface area contributed by atoms with Crippen LogP contribution in [-0.4, -0.2) is 41.0 Å². The summed E-state index contributed by atoms with van der Waals surface area (Å²) in [5, 5.41) is 21.1. The first kappa shape index (κ1) is 16.0. The summed E-state index contributed by atoms with van der Waals surface area (Å²) >= 11 is 0. The number of anilines is 2. The number of nitrogens with zero attached hydrogens (tertiary/aromatic N) is 2. The van der Waals surface area contributed by atoms with Crippen LogP contribution in [0.3, 0.4) is 0 Å². The van der Waals surface area contributed by atoms with Gasteiger partial charge in [-0.2, -0.15) is 0 Å². The number of amides is 2. The third kappa shape index (κ3) is 3.46. The Hall–Kier alpha value is -3.36. The zero-order valence-corrected chi connectivity index (χ0v) is 12.5. The minimum absolute atomic E-state index is 0.222. The number of primary amides is 1. The number of nitrogens with one attached hydrogen (secondary N) is 1. The van der Waals surface area contributed by atoms with Gasteiger partial charge in [-0.1, -0.05) is 0 Å². The van der Waals surface area contributed by atoms with Crippen LogP contribution in [0, 0.1) is 0 Å². The summed E-state index contributed by atoms with van der Waals surface area (Å²) in [5.41, 5.74) is 6.40. The molecule has 2 aromatic rings. The van der Waals surface area contributed by atoms with E-state index in [1.54, 1.807) is 31.1 Å². The van der Waals surface area contributed by atoms with Crippen molar-refractivity contribution in [2.75, 3.05) is 24.3 Å². The fourth-order valence-corrected chi connectivity index (χ4v) is 1.92. The van der Waals surface area contributed by atoms with E-state index in [2.05, 4.69) is 5.32 Å². The lowest BCUT2D eigenvalue weighted by atomic mass is 10.1. The van der Waals surface area contributed by atoms with E-state index >= 15 is 0 Å². The Kier molecular flexibility index (Phi) is 4.30. The summed E-state index contributed by atoms with van der Waals surface area (Å²) in [5.74, 6) is -1.54. The maximum Gasteiger partial charge on any atom is 0.436 e. The molecule has 2 rings (SSSR count). The summed E-state index contributed by atoms with van der Waals surface area (Å²) in [6.45, 7) is 0. The molecule has 0 fully saturated rings. The van der Waals surface area contributed by atoms with Crippen molar-refractivity contribution in [2.45, 2.75) is 0 Å². The van der Waals surface area contributed by atoms with E-state index in [1.165, 1.54) is 6.07 Å². The third-order valence-corrected chi connectivity index (χ3v) is 2.96. The number of carbonyl (C=O) groups is 2. The Morgan fingerprint density at radius 3 is 2.30 bits per heavy atom. The smallest absolute Gasteiger partial charge is 0.436 e. The summed E-state index contributed by atoms with van der Waals surface area (Å²) in [6, 6.07) is 6.87. The molecule has 0 bridgehead atoms. The van der Waals surface area contributed by atoms with Crippen molar-refractivity contribution in [3.63, 3.8) is 0 Å². The van der Waals surface area contributed by atoms with E-state index in [-0.39, 0.29) is 11.3 Å². The summed E-state index contributed by atoms with van der Waals surface area (Å²) < 4.78 is 0.540. The van der Waals surface area contributed by atoms with Crippen LogP contribution in [0.1, 0.15) is 10.4 Å². The highest BCUT2D eigenvalue weighted by molar-refractivity contribution is 6.00. The highest BCUT2D eigenvalue weighted by Gasteiger charge is 2.15. The second-order valence-electron chi connectivity index (χ2n) is 4.84. The molecule has 1 heterocycles. The Bertz CT molecular complexity index is 734. The molecule has 122 valence electrons. The summed E-state index contributed by atoms with van der Waals surface area (Å²) in [4.78, 5) is 29.7. The fourth-order valence-electron chi connectivity index (χ4n) is 1.92. The second-order valence-corrected chi connectivity index (χ2v) is 4.84. The molecule has 23 heavy (non-hydrogen) atoms. The largest absolute Gasteiger partial charge is 0.492 e. The maximum absolute atomic E-state index is 11.8. The van der Waals surface area contributed by atoms with Crippen LogP contribution in [0.25, 0.3) is 0 Å². The topological polar surface area (TPSA) is 130 Å². The number of hydrogen-bond donors (Lipinski definition) is 4. The van der Waals surface area contributed by atoms with Crippen LogP contribution < -0.4 is 20.8 Å². The van der Waals surface area contributed by atoms with E-state index in [0.29, 0.717) is 10.4 Å². The van der Waals surface area contributed by atoms with Gasteiger partial charge in [0.05, 0.1) is 5.56 Å². The monoisotopic (exact) mass is 320 g/mol. The first-order chi connectivity index (χ1) is 10.8. The van der Waals surface area contributed by atoms with Crippen molar-refractivity contribution in [3.8, 4) is 11.8 Å². The molecule has 0 aliphatic heterocycles. The minimum Gasteiger partial charge on any atom is -0.492 e. The van der Waals surface area contributed by atoms with Gasteiger partial charge < -0.3 is 25.7 Å². The lowest BCUT2D eigenvalue weighted by Gasteiger charge is -2.17. The van der Waals surface area contributed by atoms with Crippen LogP contribution in [0.2, 0.25) is 0 Å². The van der Waals surface area contributed by atoms with Crippen LogP contribution in [0.15, 0.2) is 30.3 Å². The quantitative estimate of drug-likeness (QED) is 0.657. The predicted molar refractivity (Wildman–Crippen MR) is 82.6 cm³/mol. The molecule has 0 saturated heterocycles. The molecule has 0 aliphatic rings. The first-order valence-electron chi connectivity index (χ1n) is 6.49. The molecule has 0 spiro atoms. The van der Waals surface area contributed by atoms with Crippen molar-refractivity contribution in [1.29, 1.82) is 0 Å². The molecular weight excluding hydrogens is 304 g/mol. The molecule has 0 saturated carbocycles. The van der Waals surface area contributed by atoms with Gasteiger partial charge in [-0.3, -0.25) is 10.1 Å². The Morgan fingerprint density at radius 2 is 1.78 bits per heavy atom. The van der Waals surface area contributed by atoms with E-state index in [0.717, 1.165) is 12.1 Å². The van der Waals surface area contributed by atoms with Crippen molar-refractivity contribution in [1.82, 2.24) is 4.73 Å². The molecule has 2 amide bonds. The van der Waals surface area contributed by atoms with Crippen LogP contribution >= 0.6 is 0 Å². The number of carbonyl (C=O) groups excluding carboxylic acids is 2. The van der Waals surface area contributed by atoms with Gasteiger partial charge in [0, 0.05) is 37.6 Å². The van der Waals surface area contributed by atoms with Crippen molar-refractivity contribution >= 4 is 23.4 Å². The first-order valence-corrected chi connectivity index (χ1v) is 6.49. The van der Waals surface area contributed by atoms with E-state index in [1.807, 2.05) is 0 Å². The van der Waals surface area contributed by atoms with Crippen molar-refractivity contribution in [2.24, 2.45) is 5.73 Å². The molecule has 0 radical (unpaired) electrons. The zero-order valence-electron chi connectivity index (χ0n) is 12.5. The molecular formula is C14H16N4O5. The maximum atomic E-state index is 11.8. The van der Waals surface area contributed by atoms with Crippen LogP contribution in [0.5, 0.6) is 11.8 Å². The zero-order chi connectivity index (χ0) is 17.1. The standard InChI is InChI=1S/C14H16N4O5/c1-17(2)10-4-3-8(7-9(10)13(15)21)16-14(22)23-18-11(19)5-6-12(18)20/h3-7,19-20H,1-2H3,(H2,15,21)(H,16,22). The number of nitrogens with two attached hydrogens (primary N) is 1. The molecule has 1 aromatic heterocycles. The molecule has 5 N–H and O–H groups in total. The Balaban J connectivity index is 2.18. The lowest BCUT2D eigenvalue weighted by Crippen LogP contribution is -2.25. The summed E-state index contributed by atoms with van der Waals surface area (Å²) in [6.07, 6.45) is -0.972. The normalized spacial score (nSPS) is 10.2. The van der Waals surface area contributed by atoms with Crippen LogP contribution in [-0.2, 0) is 0 Å². The second kappa shape index (κ2) is 6.18. The lowest BCUT2D eigenvalue weighted by molar-refractivity contribution is 0.100. The van der Waals surface area contributed by atoms with Crippen LogP contribution in [0.4, 0.5) is 16.2 Å².